The summed E-state index contributed by atoms with van der Waals surface area (Å²) in [5.74, 6) is -3.31. The van der Waals surface area contributed by atoms with Crippen LogP contribution in [0.1, 0.15) is 38.7 Å². The molecule has 2 heterocycles. The first-order valence-electron chi connectivity index (χ1n) is 7.83. The van der Waals surface area contributed by atoms with Gasteiger partial charge in [-0.15, -0.1) is 5.10 Å². The fourth-order valence-electron chi connectivity index (χ4n) is 2.46. The van der Waals surface area contributed by atoms with Crippen molar-refractivity contribution in [3.8, 4) is 0 Å². The van der Waals surface area contributed by atoms with Gasteiger partial charge in [0.25, 0.3) is 5.56 Å². The highest BCUT2D eigenvalue weighted by Gasteiger charge is 2.45. The third kappa shape index (κ3) is 3.63. The Labute approximate surface area is 142 Å². The molecule has 0 aliphatic rings. The molecule has 0 aliphatic heterocycles. The Hall–Kier alpha value is -2.10. The van der Waals surface area contributed by atoms with Gasteiger partial charge in [-0.05, 0) is 20.3 Å². The number of nitrogens with one attached hydrogen (secondary N) is 1. The maximum atomic E-state index is 13.0. The minimum Gasteiger partial charge on any atom is -0.479 e. The molecule has 2 N–H and O–H groups in total. The molecular weight excluding hydrogens is 353 g/mol. The molecule has 25 heavy (non-hydrogen) atoms. The van der Waals surface area contributed by atoms with Gasteiger partial charge in [-0.2, -0.15) is 5.10 Å². The lowest BCUT2D eigenvalue weighted by molar-refractivity contribution is -0.139. The first-order chi connectivity index (χ1) is 11.9. The van der Waals surface area contributed by atoms with Crippen LogP contribution in [0.25, 0.3) is 11.0 Å². The van der Waals surface area contributed by atoms with Crippen LogP contribution in [-0.2, 0) is 24.8 Å². The number of nitrogens with zero attached hydrogens (tertiary/aromatic N) is 4. The third-order valence-corrected chi connectivity index (χ3v) is 5.60. The quantitative estimate of drug-likeness (QED) is 0.620. The summed E-state index contributed by atoms with van der Waals surface area (Å²) in [6, 6.07) is 0. The van der Waals surface area contributed by atoms with Crippen LogP contribution < -0.4 is 5.56 Å². The van der Waals surface area contributed by atoms with Crippen LogP contribution in [0.15, 0.2) is 4.79 Å². The van der Waals surface area contributed by atoms with Gasteiger partial charge in [-0.3, -0.25) is 9.36 Å². The zero-order valence-electron chi connectivity index (χ0n) is 14.1. The maximum Gasteiger partial charge on any atom is 0.366 e. The summed E-state index contributed by atoms with van der Waals surface area (Å²) in [6.45, 7) is 4.96. The molecule has 0 aliphatic carbocycles. The molecule has 12 heteroatoms. The van der Waals surface area contributed by atoms with Crippen molar-refractivity contribution in [2.75, 3.05) is 13.2 Å². The summed E-state index contributed by atoms with van der Waals surface area (Å²) < 4.78 is 24.2. The number of carboxylic acids is 1. The number of rotatable bonds is 9. The molecule has 1 unspecified atom stereocenters. The number of carboxylic acid groups (broad SMARTS) is 1. The third-order valence-electron chi connectivity index (χ3n) is 3.33. The Kier molecular flexibility index (Phi) is 6.04. The van der Waals surface area contributed by atoms with Crippen molar-refractivity contribution >= 4 is 24.6 Å². The molecule has 1 atom stereocenters. The number of hydrogen-bond donors (Lipinski definition) is 2. The first-order valence-corrected chi connectivity index (χ1v) is 9.44. The van der Waals surface area contributed by atoms with E-state index in [1.807, 2.05) is 6.92 Å². The molecule has 138 valence electrons. The average Bonchev–Trinajstić information content (AvgIpc) is 2.87. The van der Waals surface area contributed by atoms with E-state index in [4.69, 9.17) is 9.05 Å². The second-order valence-corrected chi connectivity index (χ2v) is 7.15. The average molecular weight is 373 g/mol. The summed E-state index contributed by atoms with van der Waals surface area (Å²) >= 11 is 0. The highest BCUT2D eigenvalue weighted by molar-refractivity contribution is 7.55. The number of aryl methyl sites for hydroxylation is 1. The van der Waals surface area contributed by atoms with Gasteiger partial charge in [0.1, 0.15) is 5.52 Å². The van der Waals surface area contributed by atoms with Gasteiger partial charge in [-0.1, -0.05) is 18.6 Å². The first kappa shape index (κ1) is 19.2. The van der Waals surface area contributed by atoms with E-state index in [0.29, 0.717) is 18.5 Å². The van der Waals surface area contributed by atoms with E-state index in [9.17, 15) is 19.3 Å². The molecule has 0 radical (unpaired) electrons. The summed E-state index contributed by atoms with van der Waals surface area (Å²) in [4.78, 5) is 24.1. The van der Waals surface area contributed by atoms with Crippen LogP contribution in [0.3, 0.4) is 0 Å². The van der Waals surface area contributed by atoms with Crippen molar-refractivity contribution in [3.63, 3.8) is 0 Å². The van der Waals surface area contributed by atoms with Gasteiger partial charge in [-0.25, -0.2) is 14.6 Å². The predicted octanol–water partition coefficient (Wildman–Crippen LogP) is 1.32. The van der Waals surface area contributed by atoms with Crippen LogP contribution >= 0.6 is 7.60 Å². The van der Waals surface area contributed by atoms with Gasteiger partial charge < -0.3 is 14.2 Å². The zero-order chi connectivity index (χ0) is 18.6. The van der Waals surface area contributed by atoms with E-state index in [-0.39, 0.29) is 24.2 Å². The Morgan fingerprint density at radius 3 is 2.48 bits per heavy atom. The molecular formula is C13H20N5O6P. The largest absolute Gasteiger partial charge is 0.479 e. The van der Waals surface area contributed by atoms with Crippen LogP contribution in [0.4, 0.5) is 0 Å². The Balaban J connectivity index is 2.77. The topological polar surface area (TPSA) is 149 Å². The Bertz CT molecular complexity index is 852. The Morgan fingerprint density at radius 1 is 1.32 bits per heavy atom. The molecule has 0 saturated carbocycles. The summed E-state index contributed by atoms with van der Waals surface area (Å²) in [6.07, 6.45) is 1.13. The van der Waals surface area contributed by atoms with Crippen LogP contribution in [0, 0.1) is 0 Å². The summed E-state index contributed by atoms with van der Waals surface area (Å²) in [7, 11) is -4.14. The normalized spacial score (nSPS) is 13.2. The van der Waals surface area contributed by atoms with E-state index >= 15 is 0 Å². The van der Waals surface area contributed by atoms with Gasteiger partial charge >= 0.3 is 13.6 Å². The number of carbonyl (C=O) groups is 1. The highest BCUT2D eigenvalue weighted by atomic mass is 31.2. The number of aromatic nitrogens is 5. The predicted molar refractivity (Wildman–Crippen MR) is 87.5 cm³/mol. The fourth-order valence-corrected chi connectivity index (χ4v) is 4.24. The lowest BCUT2D eigenvalue weighted by Crippen LogP contribution is -2.25. The van der Waals surface area contributed by atoms with E-state index < -0.39 is 24.9 Å². The fraction of sp³-hybridized carbons (Fsp3) is 0.615. The van der Waals surface area contributed by atoms with Crippen molar-refractivity contribution in [1.82, 2.24) is 25.2 Å². The zero-order valence-corrected chi connectivity index (χ0v) is 15.0. The number of fused-ring (bicyclic) bond motifs is 1. The van der Waals surface area contributed by atoms with E-state index in [1.165, 1.54) is 0 Å². The van der Waals surface area contributed by atoms with Crippen molar-refractivity contribution in [2.45, 2.75) is 39.4 Å². The van der Waals surface area contributed by atoms with Gasteiger partial charge in [0.05, 0.1) is 18.9 Å². The van der Waals surface area contributed by atoms with E-state index in [1.54, 1.807) is 13.8 Å². The molecule has 0 amide bonds. The second kappa shape index (κ2) is 7.85. The monoisotopic (exact) mass is 373 g/mol. The lowest BCUT2D eigenvalue weighted by Gasteiger charge is -2.23. The van der Waals surface area contributed by atoms with Crippen molar-refractivity contribution < 1.29 is 23.5 Å². The van der Waals surface area contributed by atoms with Crippen LogP contribution in [-0.4, -0.2) is 49.5 Å². The number of aliphatic carboxylic acids is 1. The molecule has 0 saturated heterocycles. The highest BCUT2D eigenvalue weighted by Crippen LogP contribution is 2.59. The molecule has 0 bridgehead atoms. The maximum absolute atomic E-state index is 13.0. The van der Waals surface area contributed by atoms with Crippen LogP contribution in [0.2, 0.25) is 0 Å². The molecule has 2 rings (SSSR count). The number of aromatic amines is 1. The van der Waals surface area contributed by atoms with Crippen molar-refractivity contribution in [3.05, 3.63) is 16.0 Å². The molecule has 2 aromatic heterocycles. The van der Waals surface area contributed by atoms with Gasteiger partial charge in [0, 0.05) is 0 Å². The second-order valence-electron chi connectivity index (χ2n) is 5.07. The SMILES string of the molecule is CCCc1nn(C(C(=O)O)P(=O)(OCC)OCC)c2c(=O)[nH]nnc12. The van der Waals surface area contributed by atoms with Crippen molar-refractivity contribution in [2.24, 2.45) is 0 Å². The van der Waals surface area contributed by atoms with Crippen molar-refractivity contribution in [1.29, 1.82) is 0 Å². The number of hydrogen-bond acceptors (Lipinski definition) is 8. The van der Waals surface area contributed by atoms with E-state index in [2.05, 4.69) is 20.5 Å². The van der Waals surface area contributed by atoms with Gasteiger partial charge in [0.15, 0.2) is 5.52 Å². The minimum absolute atomic E-state index is 0.0295. The molecule has 0 aromatic carbocycles. The standard InChI is InChI=1S/C13H20N5O6P/c1-4-7-8-9-10(11(19)15-17-14-9)18(16-8)12(13(20)21)25(22,23-5-2)24-6-3/h12H,4-7H2,1-3H3,(H,20,21)(H,14,15,19). The Morgan fingerprint density at radius 2 is 1.96 bits per heavy atom. The minimum atomic E-state index is -4.14. The molecule has 0 spiro atoms. The smallest absolute Gasteiger partial charge is 0.366 e. The summed E-state index contributed by atoms with van der Waals surface area (Å²) in [5.41, 5.74) is -0.269. The molecule has 0 fully saturated rings. The summed E-state index contributed by atoms with van der Waals surface area (Å²) in [5, 5.41) is 23.3. The van der Waals surface area contributed by atoms with E-state index in [0.717, 1.165) is 4.68 Å². The molecule has 11 nitrogen and oxygen atoms in total. The van der Waals surface area contributed by atoms with Gasteiger partial charge in [0.2, 0.25) is 5.78 Å². The number of H-pyrrole nitrogens is 1. The molecule has 2 aromatic rings. The lowest BCUT2D eigenvalue weighted by atomic mass is 10.2. The van der Waals surface area contributed by atoms with Crippen LogP contribution in [0.5, 0.6) is 0 Å².